The van der Waals surface area contributed by atoms with Crippen molar-refractivity contribution in [1.82, 2.24) is 4.90 Å². The molecule has 0 saturated carbocycles. The largest absolute Gasteiger partial charge is 0.331 e. The van der Waals surface area contributed by atoms with Gasteiger partial charge in [-0.25, -0.2) is 4.79 Å². The van der Waals surface area contributed by atoms with Gasteiger partial charge in [0.05, 0.1) is 15.7 Å². The van der Waals surface area contributed by atoms with Gasteiger partial charge in [0.25, 0.3) is 0 Å². The minimum atomic E-state index is -0.180. The predicted molar refractivity (Wildman–Crippen MR) is 89.3 cm³/mol. The smallest absolute Gasteiger partial charge is 0.321 e. The Bertz CT molecular complexity index is 684. The third kappa shape index (κ3) is 3.69. The maximum absolute atomic E-state index is 11.9. The van der Waals surface area contributed by atoms with E-state index in [1.807, 2.05) is 31.2 Å². The third-order valence-corrected chi connectivity index (χ3v) is 3.79. The lowest BCUT2D eigenvalue weighted by Crippen LogP contribution is -2.27. The maximum Gasteiger partial charge on any atom is 0.321 e. The van der Waals surface area contributed by atoms with Gasteiger partial charge in [-0.2, -0.15) is 0 Å². The number of urea groups is 1. The van der Waals surface area contributed by atoms with Crippen LogP contribution in [0.4, 0.5) is 10.5 Å². The summed E-state index contributed by atoms with van der Waals surface area (Å²) >= 11 is 12.0. The van der Waals surface area contributed by atoms with Gasteiger partial charge < -0.3 is 10.2 Å². The summed E-state index contributed by atoms with van der Waals surface area (Å²) in [7, 11) is 3.39. The van der Waals surface area contributed by atoms with Gasteiger partial charge in [-0.15, -0.1) is 0 Å². The van der Waals surface area contributed by atoms with Gasteiger partial charge in [0.2, 0.25) is 0 Å². The zero-order valence-electron chi connectivity index (χ0n) is 12.1. The molecule has 0 aliphatic heterocycles. The minimum absolute atomic E-state index is 0.180. The number of nitrogens with one attached hydrogen (secondary N) is 1. The van der Waals surface area contributed by atoms with Crippen molar-refractivity contribution < 1.29 is 4.79 Å². The van der Waals surface area contributed by atoms with E-state index in [2.05, 4.69) is 5.32 Å². The molecule has 0 fully saturated rings. The van der Waals surface area contributed by atoms with E-state index in [4.69, 9.17) is 23.2 Å². The molecule has 110 valence electrons. The number of amides is 2. The second-order valence-corrected chi connectivity index (χ2v) is 5.82. The van der Waals surface area contributed by atoms with Gasteiger partial charge in [0.1, 0.15) is 0 Å². The monoisotopic (exact) mass is 322 g/mol. The zero-order valence-corrected chi connectivity index (χ0v) is 13.6. The molecule has 3 nitrogen and oxygen atoms in total. The number of carbonyl (C=O) groups excluding carboxylic acids is 1. The fourth-order valence-electron chi connectivity index (χ4n) is 1.90. The van der Waals surface area contributed by atoms with Crippen LogP contribution in [0.25, 0.3) is 11.1 Å². The Hall–Kier alpha value is -1.71. The lowest BCUT2D eigenvalue weighted by molar-refractivity contribution is 0.230. The molecule has 0 aliphatic carbocycles. The van der Waals surface area contributed by atoms with E-state index in [1.165, 1.54) is 4.90 Å². The SMILES string of the molecule is Cc1ccc(NC(=O)N(C)C)c(-c2ccc(Cl)c(Cl)c2)c1. The molecule has 21 heavy (non-hydrogen) atoms. The first kappa shape index (κ1) is 15.7. The van der Waals surface area contributed by atoms with Crippen molar-refractivity contribution in [1.29, 1.82) is 0 Å². The maximum atomic E-state index is 11.9. The van der Waals surface area contributed by atoms with E-state index < -0.39 is 0 Å². The van der Waals surface area contributed by atoms with Gasteiger partial charge in [-0.1, -0.05) is 40.9 Å². The van der Waals surface area contributed by atoms with Gasteiger partial charge in [0.15, 0.2) is 0 Å². The lowest BCUT2D eigenvalue weighted by atomic mass is 10.0. The Balaban J connectivity index is 2.48. The van der Waals surface area contributed by atoms with Crippen molar-refractivity contribution in [3.63, 3.8) is 0 Å². The number of anilines is 1. The second-order valence-electron chi connectivity index (χ2n) is 5.00. The van der Waals surface area contributed by atoms with Crippen LogP contribution in [0, 0.1) is 6.92 Å². The van der Waals surface area contributed by atoms with Crippen LogP contribution in [0.15, 0.2) is 36.4 Å². The molecule has 0 spiro atoms. The van der Waals surface area contributed by atoms with Crippen molar-refractivity contribution in [2.75, 3.05) is 19.4 Å². The molecular weight excluding hydrogens is 307 g/mol. The molecular formula is C16H16Cl2N2O. The Morgan fingerprint density at radius 1 is 1.05 bits per heavy atom. The summed E-state index contributed by atoms with van der Waals surface area (Å²) in [4.78, 5) is 13.4. The molecule has 5 heteroatoms. The predicted octanol–water partition coefficient (Wildman–Crippen LogP) is 5.06. The highest BCUT2D eigenvalue weighted by atomic mass is 35.5. The highest BCUT2D eigenvalue weighted by molar-refractivity contribution is 6.42. The first-order valence-electron chi connectivity index (χ1n) is 6.43. The van der Waals surface area contributed by atoms with E-state index in [-0.39, 0.29) is 6.03 Å². The van der Waals surface area contributed by atoms with Crippen LogP contribution in [0.3, 0.4) is 0 Å². The molecule has 0 aromatic heterocycles. The number of hydrogen-bond donors (Lipinski definition) is 1. The lowest BCUT2D eigenvalue weighted by Gasteiger charge is -2.16. The molecule has 0 bridgehead atoms. The number of benzene rings is 2. The Labute approximate surface area is 134 Å². The van der Waals surface area contributed by atoms with Gasteiger partial charge in [-0.05, 0) is 36.8 Å². The normalized spacial score (nSPS) is 10.3. The number of carbonyl (C=O) groups is 1. The van der Waals surface area contributed by atoms with E-state index in [9.17, 15) is 4.79 Å². The minimum Gasteiger partial charge on any atom is -0.331 e. The van der Waals surface area contributed by atoms with Crippen LogP contribution in [0.5, 0.6) is 0 Å². The fraction of sp³-hybridized carbons (Fsp3) is 0.188. The summed E-state index contributed by atoms with van der Waals surface area (Å²) in [6, 6.07) is 11.1. The summed E-state index contributed by atoms with van der Waals surface area (Å²) in [6.45, 7) is 2.00. The molecule has 0 aliphatic rings. The van der Waals surface area contributed by atoms with Crippen molar-refractivity contribution in [3.8, 4) is 11.1 Å². The Morgan fingerprint density at radius 2 is 1.76 bits per heavy atom. The molecule has 0 saturated heterocycles. The first-order valence-corrected chi connectivity index (χ1v) is 7.18. The quantitative estimate of drug-likeness (QED) is 0.823. The van der Waals surface area contributed by atoms with Gasteiger partial charge >= 0.3 is 6.03 Å². The summed E-state index contributed by atoms with van der Waals surface area (Å²) in [6.07, 6.45) is 0. The van der Waals surface area contributed by atoms with Crippen LogP contribution in [0.1, 0.15) is 5.56 Å². The van der Waals surface area contributed by atoms with Crippen LogP contribution in [-0.4, -0.2) is 25.0 Å². The molecule has 0 heterocycles. The third-order valence-electron chi connectivity index (χ3n) is 3.05. The molecule has 2 aromatic carbocycles. The summed E-state index contributed by atoms with van der Waals surface area (Å²) in [5, 5.41) is 3.87. The van der Waals surface area contributed by atoms with E-state index in [1.54, 1.807) is 26.2 Å². The van der Waals surface area contributed by atoms with Crippen LogP contribution < -0.4 is 5.32 Å². The number of nitrogens with zero attached hydrogens (tertiary/aromatic N) is 1. The van der Waals surface area contributed by atoms with E-state index in [0.29, 0.717) is 10.0 Å². The number of halogens is 2. The van der Waals surface area contributed by atoms with E-state index >= 15 is 0 Å². The van der Waals surface area contributed by atoms with E-state index in [0.717, 1.165) is 22.4 Å². The first-order chi connectivity index (χ1) is 9.88. The van der Waals surface area contributed by atoms with Gasteiger partial charge in [0, 0.05) is 19.7 Å². The average molecular weight is 323 g/mol. The Kier molecular flexibility index (Phi) is 4.76. The molecule has 0 radical (unpaired) electrons. The van der Waals surface area contributed by atoms with Crippen LogP contribution in [-0.2, 0) is 0 Å². The fourth-order valence-corrected chi connectivity index (χ4v) is 2.19. The molecule has 1 N–H and O–H groups in total. The highest BCUT2D eigenvalue weighted by Gasteiger charge is 2.11. The summed E-state index contributed by atoms with van der Waals surface area (Å²) < 4.78 is 0. The topological polar surface area (TPSA) is 32.3 Å². The molecule has 2 amide bonds. The second kappa shape index (κ2) is 6.37. The zero-order chi connectivity index (χ0) is 15.6. The van der Waals surface area contributed by atoms with Gasteiger partial charge in [-0.3, -0.25) is 0 Å². The molecule has 2 rings (SSSR count). The molecule has 0 unspecified atom stereocenters. The molecule has 2 aromatic rings. The van der Waals surface area contributed by atoms with Crippen LogP contribution >= 0.6 is 23.2 Å². The summed E-state index contributed by atoms with van der Waals surface area (Å²) in [5.74, 6) is 0. The van der Waals surface area contributed by atoms with Crippen molar-refractivity contribution in [2.24, 2.45) is 0 Å². The van der Waals surface area contributed by atoms with Crippen molar-refractivity contribution in [3.05, 3.63) is 52.0 Å². The highest BCUT2D eigenvalue weighted by Crippen LogP contribution is 2.33. The summed E-state index contributed by atoms with van der Waals surface area (Å²) in [5.41, 5.74) is 3.64. The van der Waals surface area contributed by atoms with Crippen LogP contribution in [0.2, 0.25) is 10.0 Å². The average Bonchev–Trinajstić information content (AvgIpc) is 2.43. The Morgan fingerprint density at radius 3 is 2.38 bits per heavy atom. The van der Waals surface area contributed by atoms with Crippen molar-refractivity contribution >= 4 is 34.9 Å². The number of rotatable bonds is 2. The number of aryl methyl sites for hydroxylation is 1. The molecule has 0 atom stereocenters. The number of hydrogen-bond acceptors (Lipinski definition) is 1. The van der Waals surface area contributed by atoms with Crippen molar-refractivity contribution in [2.45, 2.75) is 6.92 Å². The standard InChI is InChI=1S/C16H16Cl2N2O/c1-10-4-7-15(19-16(21)20(2)3)12(8-10)11-5-6-13(17)14(18)9-11/h4-9H,1-3H3,(H,19,21).